The lowest BCUT2D eigenvalue weighted by atomic mass is 10.1. The minimum absolute atomic E-state index is 0.212. The van der Waals surface area contributed by atoms with Gasteiger partial charge in [-0.25, -0.2) is 0 Å². The maximum absolute atomic E-state index is 12.8. The van der Waals surface area contributed by atoms with Gasteiger partial charge in [-0.05, 0) is 41.8 Å². The van der Waals surface area contributed by atoms with E-state index < -0.39 is 0 Å². The molecule has 6 nitrogen and oxygen atoms in total. The molecule has 32 heavy (non-hydrogen) atoms. The zero-order valence-electron chi connectivity index (χ0n) is 18.2. The molecule has 2 heterocycles. The molecule has 0 bridgehead atoms. The van der Waals surface area contributed by atoms with Crippen LogP contribution in [0.4, 0.5) is 5.69 Å². The van der Waals surface area contributed by atoms with E-state index in [1.165, 1.54) is 16.9 Å². The molecule has 4 rings (SSSR count). The van der Waals surface area contributed by atoms with Gasteiger partial charge in [0.1, 0.15) is 0 Å². The second-order valence-electron chi connectivity index (χ2n) is 8.06. The Labute approximate surface area is 192 Å². The SMILES string of the molecule is CN1CCN(Cc2ccc(CNC(=O)c3ccccc3NC(=O)c3cccs3)cc2)CC1. The van der Waals surface area contributed by atoms with E-state index in [-0.39, 0.29) is 11.8 Å². The van der Waals surface area contributed by atoms with Crippen molar-refractivity contribution in [2.45, 2.75) is 13.1 Å². The van der Waals surface area contributed by atoms with Crippen LogP contribution in [0.15, 0.2) is 66.0 Å². The first-order chi connectivity index (χ1) is 15.6. The average Bonchev–Trinajstić information content (AvgIpc) is 3.36. The number of benzene rings is 2. The number of likely N-dealkylation sites (N-methyl/N-ethyl adjacent to an activating group) is 1. The molecule has 0 saturated carbocycles. The Bertz CT molecular complexity index is 1040. The number of carbonyl (C=O) groups is 2. The molecule has 0 spiro atoms. The van der Waals surface area contributed by atoms with Crippen molar-refractivity contribution in [3.63, 3.8) is 0 Å². The van der Waals surface area contributed by atoms with Gasteiger partial charge in [-0.3, -0.25) is 14.5 Å². The number of amides is 2. The maximum atomic E-state index is 12.8. The van der Waals surface area contributed by atoms with Gasteiger partial charge in [0, 0.05) is 39.3 Å². The minimum atomic E-state index is -0.214. The highest BCUT2D eigenvalue weighted by atomic mass is 32.1. The third-order valence-electron chi connectivity index (χ3n) is 5.64. The number of nitrogens with zero attached hydrogens (tertiary/aromatic N) is 2. The minimum Gasteiger partial charge on any atom is -0.348 e. The molecule has 2 aromatic carbocycles. The molecule has 0 radical (unpaired) electrons. The zero-order valence-corrected chi connectivity index (χ0v) is 19.0. The molecule has 7 heteroatoms. The summed E-state index contributed by atoms with van der Waals surface area (Å²) in [6.45, 7) is 5.80. The Morgan fingerprint density at radius 3 is 2.31 bits per heavy atom. The molecule has 166 valence electrons. The Morgan fingerprint density at radius 2 is 1.59 bits per heavy atom. The third kappa shape index (κ3) is 5.82. The monoisotopic (exact) mass is 448 g/mol. The van der Waals surface area contributed by atoms with E-state index in [1.54, 1.807) is 30.3 Å². The van der Waals surface area contributed by atoms with Crippen molar-refractivity contribution in [2.24, 2.45) is 0 Å². The summed E-state index contributed by atoms with van der Waals surface area (Å²) in [5.74, 6) is -0.426. The van der Waals surface area contributed by atoms with E-state index in [1.807, 2.05) is 11.4 Å². The van der Waals surface area contributed by atoms with Crippen molar-refractivity contribution >= 4 is 28.8 Å². The van der Waals surface area contributed by atoms with Gasteiger partial charge in [-0.15, -0.1) is 11.3 Å². The fraction of sp³-hybridized carbons (Fsp3) is 0.280. The summed E-state index contributed by atoms with van der Waals surface area (Å²) >= 11 is 1.37. The number of para-hydroxylation sites is 1. The predicted octanol–water partition coefficient (Wildman–Crippen LogP) is 3.68. The van der Waals surface area contributed by atoms with Gasteiger partial charge in [0.25, 0.3) is 11.8 Å². The van der Waals surface area contributed by atoms with Crippen LogP contribution in [-0.4, -0.2) is 54.8 Å². The highest BCUT2D eigenvalue weighted by molar-refractivity contribution is 7.12. The molecule has 0 atom stereocenters. The van der Waals surface area contributed by atoms with Gasteiger partial charge in [0.15, 0.2) is 0 Å². The van der Waals surface area contributed by atoms with Gasteiger partial charge in [0.2, 0.25) is 0 Å². The average molecular weight is 449 g/mol. The molecule has 1 aliphatic heterocycles. The van der Waals surface area contributed by atoms with E-state index in [0.717, 1.165) is 38.3 Å². The molecule has 1 saturated heterocycles. The van der Waals surface area contributed by atoms with Crippen LogP contribution >= 0.6 is 11.3 Å². The number of piperazine rings is 1. The number of carbonyl (C=O) groups excluding carboxylic acids is 2. The van der Waals surface area contributed by atoms with Crippen molar-refractivity contribution < 1.29 is 9.59 Å². The smallest absolute Gasteiger partial charge is 0.265 e. The predicted molar refractivity (Wildman–Crippen MR) is 129 cm³/mol. The van der Waals surface area contributed by atoms with Crippen LogP contribution in [0.1, 0.15) is 31.2 Å². The van der Waals surface area contributed by atoms with Crippen molar-refractivity contribution in [3.05, 3.63) is 87.6 Å². The van der Waals surface area contributed by atoms with Crippen LogP contribution in [0.2, 0.25) is 0 Å². The molecule has 0 unspecified atom stereocenters. The number of hydrogen-bond acceptors (Lipinski definition) is 5. The number of thiophene rings is 1. The molecule has 1 aliphatic rings. The van der Waals surface area contributed by atoms with Gasteiger partial charge in [-0.1, -0.05) is 42.5 Å². The highest BCUT2D eigenvalue weighted by Crippen LogP contribution is 2.18. The molecular weight excluding hydrogens is 420 g/mol. The summed E-state index contributed by atoms with van der Waals surface area (Å²) in [6.07, 6.45) is 0. The second kappa shape index (κ2) is 10.5. The number of hydrogen-bond donors (Lipinski definition) is 2. The Kier molecular flexibility index (Phi) is 7.32. The first kappa shape index (κ1) is 22.2. The van der Waals surface area contributed by atoms with Crippen molar-refractivity contribution in [1.29, 1.82) is 0 Å². The molecule has 2 N–H and O–H groups in total. The van der Waals surface area contributed by atoms with Gasteiger partial charge in [-0.2, -0.15) is 0 Å². The largest absolute Gasteiger partial charge is 0.348 e. The van der Waals surface area contributed by atoms with E-state index >= 15 is 0 Å². The highest BCUT2D eigenvalue weighted by Gasteiger charge is 2.15. The standard InChI is InChI=1S/C25H28N4O2S/c1-28-12-14-29(15-13-28)18-20-10-8-19(9-11-20)17-26-24(30)21-5-2-3-6-22(21)27-25(31)23-7-4-16-32-23/h2-11,16H,12-15,17-18H2,1H3,(H,26,30)(H,27,31). The van der Waals surface area contributed by atoms with Crippen LogP contribution in [0.5, 0.6) is 0 Å². The lowest BCUT2D eigenvalue weighted by Gasteiger charge is -2.32. The summed E-state index contributed by atoms with van der Waals surface area (Å²) in [4.78, 5) is 30.6. The van der Waals surface area contributed by atoms with Gasteiger partial charge in [0.05, 0.1) is 16.1 Å². The van der Waals surface area contributed by atoms with E-state index in [9.17, 15) is 9.59 Å². The van der Waals surface area contributed by atoms with E-state index in [2.05, 4.69) is 51.7 Å². The zero-order chi connectivity index (χ0) is 22.3. The quantitative estimate of drug-likeness (QED) is 0.579. The van der Waals surface area contributed by atoms with Crippen LogP contribution in [-0.2, 0) is 13.1 Å². The number of nitrogens with one attached hydrogen (secondary N) is 2. The van der Waals surface area contributed by atoms with E-state index in [0.29, 0.717) is 22.7 Å². The van der Waals surface area contributed by atoms with Crippen LogP contribution in [0.3, 0.4) is 0 Å². The Balaban J connectivity index is 1.32. The van der Waals surface area contributed by atoms with Gasteiger partial charge < -0.3 is 15.5 Å². The first-order valence-electron chi connectivity index (χ1n) is 10.8. The maximum Gasteiger partial charge on any atom is 0.265 e. The third-order valence-corrected chi connectivity index (χ3v) is 6.51. The molecule has 3 aromatic rings. The van der Waals surface area contributed by atoms with Crippen molar-refractivity contribution in [3.8, 4) is 0 Å². The summed E-state index contributed by atoms with van der Waals surface area (Å²) in [5.41, 5.74) is 3.28. The van der Waals surface area contributed by atoms with E-state index in [4.69, 9.17) is 0 Å². The number of rotatable bonds is 7. The summed E-state index contributed by atoms with van der Waals surface area (Å²) in [7, 11) is 2.16. The lowest BCUT2D eigenvalue weighted by Crippen LogP contribution is -2.43. The summed E-state index contributed by atoms with van der Waals surface area (Å²) in [5, 5.41) is 7.66. The van der Waals surface area contributed by atoms with Crippen LogP contribution in [0.25, 0.3) is 0 Å². The molecule has 1 aromatic heterocycles. The topological polar surface area (TPSA) is 64.7 Å². The van der Waals surface area contributed by atoms with Crippen molar-refractivity contribution in [1.82, 2.24) is 15.1 Å². The number of anilines is 1. The summed E-state index contributed by atoms with van der Waals surface area (Å²) < 4.78 is 0. The Morgan fingerprint density at radius 1 is 0.875 bits per heavy atom. The molecular formula is C25H28N4O2S. The molecule has 2 amide bonds. The fourth-order valence-corrected chi connectivity index (χ4v) is 4.31. The normalized spacial score (nSPS) is 14.8. The van der Waals surface area contributed by atoms with Crippen LogP contribution in [0, 0.1) is 0 Å². The second-order valence-corrected chi connectivity index (χ2v) is 9.00. The fourth-order valence-electron chi connectivity index (χ4n) is 3.69. The van der Waals surface area contributed by atoms with Crippen molar-refractivity contribution in [2.75, 3.05) is 38.5 Å². The van der Waals surface area contributed by atoms with Crippen LogP contribution < -0.4 is 10.6 Å². The summed E-state index contributed by atoms with van der Waals surface area (Å²) in [6, 6.07) is 19.1. The first-order valence-corrected chi connectivity index (χ1v) is 11.7. The lowest BCUT2D eigenvalue weighted by molar-refractivity contribution is 0.0952. The Hall–Kier alpha value is -3.00. The molecule has 1 fully saturated rings. The molecule has 0 aliphatic carbocycles. The van der Waals surface area contributed by atoms with Gasteiger partial charge >= 0.3 is 0 Å².